The topological polar surface area (TPSA) is 69.6 Å². The minimum Gasteiger partial charge on any atom is -0.291 e. The summed E-state index contributed by atoms with van der Waals surface area (Å²) >= 11 is 6.90. The number of nitro benzene ring substituents is 1. The molecule has 2 rings (SSSR count). The Labute approximate surface area is 144 Å². The van der Waals surface area contributed by atoms with Crippen molar-refractivity contribution in [3.63, 3.8) is 0 Å². The number of benzene rings is 1. The minimum atomic E-state index is -0.457. The van der Waals surface area contributed by atoms with Crippen LogP contribution in [0.15, 0.2) is 36.9 Å². The van der Waals surface area contributed by atoms with Crippen molar-refractivity contribution in [1.82, 2.24) is 4.90 Å². The van der Waals surface area contributed by atoms with E-state index in [9.17, 15) is 15.3 Å². The van der Waals surface area contributed by atoms with Crippen molar-refractivity contribution in [3.05, 3.63) is 52.6 Å². The van der Waals surface area contributed by atoms with E-state index in [1.54, 1.807) is 24.4 Å². The molecule has 23 heavy (non-hydrogen) atoms. The van der Waals surface area contributed by atoms with Crippen molar-refractivity contribution in [2.24, 2.45) is 0 Å². The first-order valence-electron chi connectivity index (χ1n) is 6.93. The fourth-order valence-electron chi connectivity index (χ4n) is 2.49. The Hall–Kier alpha value is -1.93. The maximum absolute atomic E-state index is 10.7. The van der Waals surface area contributed by atoms with E-state index in [4.69, 9.17) is 12.2 Å². The summed E-state index contributed by atoms with van der Waals surface area (Å²) in [7, 11) is 0. The van der Waals surface area contributed by atoms with Crippen molar-refractivity contribution in [1.29, 1.82) is 0 Å². The summed E-state index contributed by atoms with van der Waals surface area (Å²) in [6.07, 6.45) is 2.93. The molecule has 0 saturated carbocycles. The lowest BCUT2D eigenvalue weighted by atomic mass is 10.1. The highest BCUT2D eigenvalue weighted by molar-refractivity contribution is 8.24. The van der Waals surface area contributed by atoms with Gasteiger partial charge in [-0.15, -0.1) is 6.58 Å². The Morgan fingerprint density at radius 2 is 2.09 bits per heavy atom. The third-order valence-corrected chi connectivity index (χ3v) is 5.09. The number of hydroxylamine groups is 1. The molecule has 1 aliphatic rings. The molecule has 0 bridgehead atoms. The fourth-order valence-corrected chi connectivity index (χ4v) is 4.39. The van der Waals surface area contributed by atoms with Crippen molar-refractivity contribution >= 4 is 40.2 Å². The van der Waals surface area contributed by atoms with Gasteiger partial charge in [-0.2, -0.15) is 0 Å². The molecule has 1 aromatic rings. The van der Waals surface area contributed by atoms with Crippen LogP contribution in [0.3, 0.4) is 0 Å². The molecule has 0 spiro atoms. The third-order valence-electron chi connectivity index (χ3n) is 3.46. The zero-order valence-electron chi connectivity index (χ0n) is 12.9. The summed E-state index contributed by atoms with van der Waals surface area (Å²) < 4.78 is 1.50. The first kappa shape index (κ1) is 17.4. The van der Waals surface area contributed by atoms with Gasteiger partial charge in [-0.1, -0.05) is 30.1 Å². The predicted molar refractivity (Wildman–Crippen MR) is 95.3 cm³/mol. The molecule has 1 saturated heterocycles. The van der Waals surface area contributed by atoms with E-state index in [0.29, 0.717) is 16.4 Å². The van der Waals surface area contributed by atoms with E-state index in [1.807, 2.05) is 18.7 Å². The Kier molecular flexibility index (Phi) is 5.06. The summed E-state index contributed by atoms with van der Waals surface area (Å²) in [5.41, 5.74) is 0.674. The predicted octanol–water partition coefficient (Wildman–Crippen LogP) is 3.04. The molecule has 0 amide bonds. The molecule has 0 aliphatic carbocycles. The van der Waals surface area contributed by atoms with Crippen molar-refractivity contribution in [2.45, 2.75) is 24.8 Å². The number of rotatable bonds is 5. The summed E-state index contributed by atoms with van der Waals surface area (Å²) in [6, 6.07) is 5.99. The Morgan fingerprint density at radius 1 is 1.48 bits per heavy atom. The molecule has 1 aliphatic heterocycles. The highest BCUT2D eigenvalue weighted by Gasteiger charge is 2.52. The number of non-ortho nitro benzene ring substituents is 1. The maximum Gasteiger partial charge on any atom is 0.292 e. The lowest BCUT2D eigenvalue weighted by molar-refractivity contribution is -0.808. The quantitative estimate of drug-likeness (QED) is 0.167. The number of thioether (sulfide) groups is 1. The summed E-state index contributed by atoms with van der Waals surface area (Å²) in [5.74, 6) is 0. The normalized spacial score (nSPS) is 20.6. The van der Waals surface area contributed by atoms with Gasteiger partial charge in [0.05, 0.1) is 4.92 Å². The van der Waals surface area contributed by atoms with Crippen LogP contribution in [-0.4, -0.2) is 47.8 Å². The average Bonchev–Trinajstić information content (AvgIpc) is 2.69. The highest BCUT2D eigenvalue weighted by atomic mass is 32.2. The maximum atomic E-state index is 10.7. The summed E-state index contributed by atoms with van der Waals surface area (Å²) in [5, 5.41) is 21.2. The first-order valence-corrected chi connectivity index (χ1v) is 8.16. The first-order chi connectivity index (χ1) is 10.8. The van der Waals surface area contributed by atoms with Gasteiger partial charge >= 0.3 is 0 Å². The van der Waals surface area contributed by atoms with Gasteiger partial charge in [-0.3, -0.25) is 20.2 Å². The summed E-state index contributed by atoms with van der Waals surface area (Å²) in [6.45, 7) is 8.27. The van der Waals surface area contributed by atoms with Gasteiger partial charge in [0.25, 0.3) is 11.9 Å². The van der Waals surface area contributed by atoms with Crippen LogP contribution in [0, 0.1) is 10.1 Å². The van der Waals surface area contributed by atoms with E-state index in [-0.39, 0.29) is 16.6 Å². The van der Waals surface area contributed by atoms with Crippen LogP contribution in [0.1, 0.15) is 19.4 Å². The Balaban J connectivity index is 2.32. The molecule has 1 fully saturated rings. The Morgan fingerprint density at radius 3 is 2.61 bits per heavy atom. The molecule has 1 N–H and O–H groups in total. The number of hydrogen-bond acceptors (Lipinski definition) is 5. The second kappa shape index (κ2) is 6.67. The van der Waals surface area contributed by atoms with Crippen LogP contribution in [0.5, 0.6) is 0 Å². The van der Waals surface area contributed by atoms with E-state index in [1.165, 1.54) is 23.9 Å². The van der Waals surface area contributed by atoms with E-state index in [2.05, 4.69) is 6.58 Å². The Bertz CT molecular complexity index is 671. The SMILES string of the molecule is C=CCN1C(=S)SC(C)(C)C1[N+](O)=Cc1ccc([N+](=O)[O-])cc1. The largest absolute Gasteiger partial charge is 0.292 e. The van der Waals surface area contributed by atoms with Crippen LogP contribution in [-0.2, 0) is 0 Å². The lowest BCUT2D eigenvalue weighted by Gasteiger charge is -2.24. The van der Waals surface area contributed by atoms with Crippen LogP contribution < -0.4 is 0 Å². The molecule has 1 heterocycles. The van der Waals surface area contributed by atoms with E-state index < -0.39 is 4.92 Å². The molecule has 0 radical (unpaired) electrons. The molecule has 1 atom stereocenters. The summed E-state index contributed by atoms with van der Waals surface area (Å²) in [4.78, 5) is 12.1. The molecule has 0 aromatic heterocycles. The third kappa shape index (κ3) is 3.70. The molecule has 122 valence electrons. The monoisotopic (exact) mass is 352 g/mol. The second-order valence-corrected chi connectivity index (χ2v) is 7.93. The van der Waals surface area contributed by atoms with Crippen molar-refractivity contribution in [3.8, 4) is 0 Å². The van der Waals surface area contributed by atoms with Crippen LogP contribution in [0.25, 0.3) is 0 Å². The van der Waals surface area contributed by atoms with Crippen LogP contribution in [0.4, 0.5) is 5.69 Å². The zero-order valence-corrected chi connectivity index (χ0v) is 14.5. The minimum absolute atomic E-state index is 0.0119. The highest BCUT2D eigenvalue weighted by Crippen LogP contribution is 2.41. The fraction of sp³-hybridized carbons (Fsp3) is 0.333. The van der Waals surface area contributed by atoms with Gasteiger partial charge in [-0.05, 0) is 30.7 Å². The molecule has 1 aromatic carbocycles. The van der Waals surface area contributed by atoms with Gasteiger partial charge in [-0.25, -0.2) is 0 Å². The molecule has 8 heteroatoms. The van der Waals surface area contributed by atoms with E-state index >= 15 is 0 Å². The lowest BCUT2D eigenvalue weighted by Crippen LogP contribution is -2.48. The number of nitrogens with zero attached hydrogens (tertiary/aromatic N) is 3. The van der Waals surface area contributed by atoms with Crippen molar-refractivity contribution in [2.75, 3.05) is 6.54 Å². The van der Waals surface area contributed by atoms with Gasteiger partial charge in [0.2, 0.25) is 6.21 Å². The number of hydrogen-bond donors (Lipinski definition) is 1. The van der Waals surface area contributed by atoms with Crippen LogP contribution in [0.2, 0.25) is 0 Å². The van der Waals surface area contributed by atoms with Crippen molar-refractivity contribution < 1.29 is 14.9 Å². The van der Waals surface area contributed by atoms with E-state index in [0.717, 1.165) is 4.74 Å². The molecule has 6 nitrogen and oxygen atoms in total. The van der Waals surface area contributed by atoms with Crippen LogP contribution >= 0.6 is 24.0 Å². The molecular weight excluding hydrogens is 334 g/mol. The average molecular weight is 352 g/mol. The number of nitro groups is 1. The van der Waals surface area contributed by atoms with Gasteiger partial charge in [0, 0.05) is 24.2 Å². The number of thiocarbonyl (C=S) groups is 1. The molecular formula is C15H18N3O3S2+. The second-order valence-electron chi connectivity index (χ2n) is 5.64. The van der Waals surface area contributed by atoms with Gasteiger partial charge in [0.1, 0.15) is 9.07 Å². The molecule has 1 unspecified atom stereocenters. The van der Waals surface area contributed by atoms with Gasteiger partial charge < -0.3 is 0 Å². The smallest absolute Gasteiger partial charge is 0.291 e. The standard InChI is InChI=1S/C15H18N3O3S2/c1-4-9-16-13(15(2,3)23-14(16)22)17(19)10-11-5-7-12(8-6-11)18(20)21/h4-8,10,13,19H,1,9H2,2-3H3/q+1. The zero-order chi connectivity index (χ0) is 17.2. The van der Waals surface area contributed by atoms with Gasteiger partial charge in [0.15, 0.2) is 0 Å².